The van der Waals surface area contributed by atoms with Crippen molar-refractivity contribution in [3.63, 3.8) is 0 Å². The van der Waals surface area contributed by atoms with E-state index in [-0.39, 0.29) is 12.1 Å². The van der Waals surface area contributed by atoms with Crippen LogP contribution in [0.3, 0.4) is 0 Å². The highest BCUT2D eigenvalue weighted by atomic mass is 16.3. The van der Waals surface area contributed by atoms with E-state index in [0.29, 0.717) is 11.6 Å². The Labute approximate surface area is 97.7 Å². The fourth-order valence-corrected chi connectivity index (χ4v) is 1.96. The lowest BCUT2D eigenvalue weighted by atomic mass is 9.89. The number of fused-ring (bicyclic) bond motifs is 1. The molecule has 7 nitrogen and oxygen atoms in total. The molecule has 3 rings (SSSR count). The van der Waals surface area contributed by atoms with Crippen molar-refractivity contribution < 1.29 is 5.11 Å². The summed E-state index contributed by atoms with van der Waals surface area (Å²) in [4.78, 5) is 8.61. The molecule has 0 unspecified atom stereocenters. The van der Waals surface area contributed by atoms with Gasteiger partial charge in [-0.3, -0.25) is 5.10 Å². The minimum Gasteiger partial charge on any atom is -0.393 e. The van der Waals surface area contributed by atoms with Crippen LogP contribution in [0.25, 0.3) is 11.0 Å². The molecule has 0 atom stereocenters. The lowest BCUT2D eigenvalue weighted by Crippen LogP contribution is -2.39. The van der Waals surface area contributed by atoms with Gasteiger partial charge in [-0.2, -0.15) is 15.1 Å². The van der Waals surface area contributed by atoms with Gasteiger partial charge in [0.1, 0.15) is 5.82 Å². The highest BCUT2D eigenvalue weighted by molar-refractivity contribution is 5.87. The lowest BCUT2D eigenvalue weighted by molar-refractivity contribution is 0.0836. The molecule has 17 heavy (non-hydrogen) atoms. The first kappa shape index (κ1) is 10.3. The van der Waals surface area contributed by atoms with E-state index in [2.05, 4.69) is 30.8 Å². The number of H-pyrrole nitrogens is 1. The normalized spacial score (nSPS) is 23.4. The molecule has 2 aromatic heterocycles. The molecule has 1 aliphatic rings. The summed E-state index contributed by atoms with van der Waals surface area (Å²) in [6, 6.07) is 0.280. The van der Waals surface area contributed by atoms with Gasteiger partial charge in [0.05, 0.1) is 17.7 Å². The standard InChI is InChI=1S/C10H14N6O/c1-11-10-14-8(13-5-2-6(17)3-5)7-4-12-16-9(7)15-10/h4-6,17H,2-3H2,1H3,(H3,11,12,13,14,15,16). The summed E-state index contributed by atoms with van der Waals surface area (Å²) in [5, 5.41) is 23.1. The van der Waals surface area contributed by atoms with Crippen LogP contribution in [-0.4, -0.2) is 44.5 Å². The van der Waals surface area contributed by atoms with Crippen molar-refractivity contribution in [3.05, 3.63) is 6.20 Å². The first-order valence-electron chi connectivity index (χ1n) is 5.59. The van der Waals surface area contributed by atoms with Crippen molar-refractivity contribution in [3.8, 4) is 0 Å². The number of hydrogen-bond donors (Lipinski definition) is 4. The predicted molar refractivity (Wildman–Crippen MR) is 63.9 cm³/mol. The van der Waals surface area contributed by atoms with Crippen LogP contribution in [0.4, 0.5) is 11.8 Å². The third kappa shape index (κ3) is 1.78. The largest absolute Gasteiger partial charge is 0.393 e. The van der Waals surface area contributed by atoms with Gasteiger partial charge in [0.2, 0.25) is 5.95 Å². The third-order valence-corrected chi connectivity index (χ3v) is 2.99. The van der Waals surface area contributed by atoms with Crippen LogP contribution in [0, 0.1) is 0 Å². The summed E-state index contributed by atoms with van der Waals surface area (Å²) >= 11 is 0. The van der Waals surface area contributed by atoms with E-state index < -0.39 is 0 Å². The Morgan fingerprint density at radius 2 is 2.24 bits per heavy atom. The highest BCUT2D eigenvalue weighted by Crippen LogP contribution is 2.27. The molecule has 0 aliphatic heterocycles. The summed E-state index contributed by atoms with van der Waals surface area (Å²) in [6.45, 7) is 0. The molecule has 0 aromatic carbocycles. The third-order valence-electron chi connectivity index (χ3n) is 2.99. The minimum absolute atomic E-state index is 0.182. The van der Waals surface area contributed by atoms with Crippen LogP contribution in [-0.2, 0) is 0 Å². The summed E-state index contributed by atoms with van der Waals surface area (Å²) in [5.41, 5.74) is 0.701. The number of aliphatic hydroxyl groups is 1. The maximum Gasteiger partial charge on any atom is 0.226 e. The van der Waals surface area contributed by atoms with E-state index in [1.807, 2.05) is 0 Å². The molecule has 0 bridgehead atoms. The summed E-state index contributed by atoms with van der Waals surface area (Å²) < 4.78 is 0. The van der Waals surface area contributed by atoms with Crippen molar-refractivity contribution in [2.75, 3.05) is 17.7 Å². The number of hydrogen-bond acceptors (Lipinski definition) is 6. The molecule has 0 saturated heterocycles. The number of aromatic nitrogens is 4. The van der Waals surface area contributed by atoms with Gasteiger partial charge in [-0.1, -0.05) is 0 Å². The van der Waals surface area contributed by atoms with Crippen LogP contribution in [0.1, 0.15) is 12.8 Å². The van der Waals surface area contributed by atoms with Gasteiger partial charge in [-0.25, -0.2) is 0 Å². The van der Waals surface area contributed by atoms with Gasteiger partial charge in [0, 0.05) is 13.1 Å². The number of nitrogens with zero attached hydrogens (tertiary/aromatic N) is 3. The smallest absolute Gasteiger partial charge is 0.226 e. The van der Waals surface area contributed by atoms with Crippen LogP contribution >= 0.6 is 0 Å². The molecule has 2 aromatic rings. The number of rotatable bonds is 3. The molecule has 1 fully saturated rings. The quantitative estimate of drug-likeness (QED) is 0.611. The van der Waals surface area contributed by atoms with Crippen molar-refractivity contribution in [2.45, 2.75) is 25.0 Å². The van der Waals surface area contributed by atoms with Crippen molar-refractivity contribution in [1.29, 1.82) is 0 Å². The molecule has 4 N–H and O–H groups in total. The lowest BCUT2D eigenvalue weighted by Gasteiger charge is -2.32. The molecular formula is C10H14N6O. The molecule has 90 valence electrons. The zero-order valence-corrected chi connectivity index (χ0v) is 9.44. The van der Waals surface area contributed by atoms with Crippen molar-refractivity contribution in [2.24, 2.45) is 0 Å². The van der Waals surface area contributed by atoms with Gasteiger partial charge < -0.3 is 15.7 Å². The second kappa shape index (κ2) is 3.85. The topological polar surface area (TPSA) is 98.8 Å². The maximum atomic E-state index is 9.27. The Hall–Kier alpha value is -1.89. The molecule has 0 radical (unpaired) electrons. The second-order valence-corrected chi connectivity index (χ2v) is 4.24. The maximum absolute atomic E-state index is 9.27. The monoisotopic (exact) mass is 234 g/mol. The van der Waals surface area contributed by atoms with E-state index in [4.69, 9.17) is 0 Å². The van der Waals surface area contributed by atoms with Crippen molar-refractivity contribution >= 4 is 22.8 Å². The Bertz CT molecular complexity index is 533. The average Bonchev–Trinajstić information content (AvgIpc) is 2.74. The predicted octanol–water partition coefficient (Wildman–Crippen LogP) is 0.330. The minimum atomic E-state index is -0.182. The number of aromatic amines is 1. The Morgan fingerprint density at radius 1 is 1.41 bits per heavy atom. The van der Waals surface area contributed by atoms with E-state index >= 15 is 0 Å². The van der Waals surface area contributed by atoms with Gasteiger partial charge >= 0.3 is 0 Å². The van der Waals surface area contributed by atoms with Gasteiger partial charge in [-0.15, -0.1) is 0 Å². The molecule has 1 saturated carbocycles. The van der Waals surface area contributed by atoms with Crippen LogP contribution < -0.4 is 10.6 Å². The zero-order valence-electron chi connectivity index (χ0n) is 9.44. The van der Waals surface area contributed by atoms with Gasteiger partial charge in [0.25, 0.3) is 0 Å². The van der Waals surface area contributed by atoms with Crippen LogP contribution in [0.5, 0.6) is 0 Å². The SMILES string of the molecule is CNc1nc(NC2CC(O)C2)c2cn[nH]c2n1. The number of anilines is 2. The van der Waals surface area contributed by atoms with E-state index in [1.165, 1.54) is 0 Å². The van der Waals surface area contributed by atoms with Gasteiger partial charge in [0.15, 0.2) is 5.65 Å². The highest BCUT2D eigenvalue weighted by Gasteiger charge is 2.28. The number of nitrogens with one attached hydrogen (secondary N) is 3. The zero-order chi connectivity index (χ0) is 11.8. The van der Waals surface area contributed by atoms with E-state index in [0.717, 1.165) is 24.0 Å². The fourth-order valence-electron chi connectivity index (χ4n) is 1.96. The van der Waals surface area contributed by atoms with E-state index in [9.17, 15) is 5.11 Å². The first-order chi connectivity index (χ1) is 8.26. The Balaban J connectivity index is 1.93. The average molecular weight is 234 g/mol. The molecule has 1 aliphatic carbocycles. The summed E-state index contributed by atoms with van der Waals surface area (Å²) in [7, 11) is 1.77. The van der Waals surface area contributed by atoms with Crippen molar-refractivity contribution in [1.82, 2.24) is 20.2 Å². The summed E-state index contributed by atoms with van der Waals surface area (Å²) in [6.07, 6.45) is 3.04. The van der Waals surface area contributed by atoms with Crippen LogP contribution in [0.2, 0.25) is 0 Å². The Morgan fingerprint density at radius 3 is 2.94 bits per heavy atom. The molecule has 7 heteroatoms. The second-order valence-electron chi connectivity index (χ2n) is 4.24. The number of aliphatic hydroxyl groups excluding tert-OH is 1. The fraction of sp³-hybridized carbons (Fsp3) is 0.500. The van der Waals surface area contributed by atoms with Gasteiger partial charge in [-0.05, 0) is 12.8 Å². The molecule has 2 heterocycles. The first-order valence-corrected chi connectivity index (χ1v) is 5.59. The molecule has 0 amide bonds. The van der Waals surface area contributed by atoms with Crippen LogP contribution in [0.15, 0.2) is 6.20 Å². The summed E-state index contributed by atoms with van der Waals surface area (Å²) in [5.74, 6) is 1.30. The van der Waals surface area contributed by atoms with E-state index in [1.54, 1.807) is 13.2 Å². The molecular weight excluding hydrogens is 220 g/mol. The Kier molecular flexibility index (Phi) is 2.32. The molecule has 0 spiro atoms.